The molecule has 1 aromatic heterocycles. The number of carbonyl (C=O) groups is 2. The van der Waals surface area contributed by atoms with E-state index in [1.165, 1.54) is 11.8 Å². The molecule has 5 rings (SSSR count). The van der Waals surface area contributed by atoms with Gasteiger partial charge in [0.1, 0.15) is 5.01 Å². The first-order chi connectivity index (χ1) is 17.2. The highest BCUT2D eigenvalue weighted by atomic mass is 32.2. The first-order valence-electron chi connectivity index (χ1n) is 11.9. The van der Waals surface area contributed by atoms with Crippen molar-refractivity contribution in [1.82, 2.24) is 4.98 Å². The number of carboxylic acids is 1. The molecule has 7 heteroatoms. The first-order valence-corrected chi connectivity index (χ1v) is 13.7. The fourth-order valence-corrected chi connectivity index (χ4v) is 6.88. The van der Waals surface area contributed by atoms with E-state index < -0.39 is 11.2 Å². The highest BCUT2D eigenvalue weighted by Crippen LogP contribution is 2.49. The predicted molar refractivity (Wildman–Crippen MR) is 149 cm³/mol. The van der Waals surface area contributed by atoms with Crippen LogP contribution in [-0.2, 0) is 9.59 Å². The molecule has 0 saturated heterocycles. The van der Waals surface area contributed by atoms with Gasteiger partial charge in [0.2, 0.25) is 5.91 Å². The molecule has 5 nitrogen and oxygen atoms in total. The third kappa shape index (κ3) is 4.90. The Bertz CT molecular complexity index is 1420. The number of rotatable bonds is 5. The Kier molecular flexibility index (Phi) is 6.62. The molecule has 0 saturated carbocycles. The number of anilines is 1. The zero-order valence-electron chi connectivity index (χ0n) is 20.5. The van der Waals surface area contributed by atoms with Crippen molar-refractivity contribution in [2.45, 2.75) is 37.7 Å². The van der Waals surface area contributed by atoms with Crippen molar-refractivity contribution < 1.29 is 14.7 Å². The lowest BCUT2D eigenvalue weighted by Crippen LogP contribution is -2.42. The average molecular weight is 517 g/mol. The number of thiazole rings is 1. The van der Waals surface area contributed by atoms with Crippen LogP contribution in [0.5, 0.6) is 0 Å². The molecule has 1 aliphatic rings. The van der Waals surface area contributed by atoms with Crippen LogP contribution in [0.25, 0.3) is 21.3 Å². The molecule has 1 N–H and O–H groups in total. The second-order valence-corrected chi connectivity index (χ2v) is 12.5. The van der Waals surface area contributed by atoms with Crippen LogP contribution < -0.4 is 4.90 Å². The highest BCUT2D eigenvalue weighted by Gasteiger charge is 2.39. The molecular weight excluding hydrogens is 488 g/mol. The van der Waals surface area contributed by atoms with Crippen molar-refractivity contribution in [2.75, 3.05) is 11.4 Å². The van der Waals surface area contributed by atoms with Gasteiger partial charge in [0.05, 0.1) is 16.9 Å². The van der Waals surface area contributed by atoms with E-state index in [1.54, 1.807) is 17.5 Å². The number of carboxylic acid groups (broad SMARTS) is 1. The zero-order chi connectivity index (χ0) is 25.4. The molecule has 184 valence electrons. The molecule has 0 spiro atoms. The van der Waals surface area contributed by atoms with E-state index in [9.17, 15) is 14.7 Å². The van der Waals surface area contributed by atoms with Gasteiger partial charge in [-0.1, -0.05) is 63.2 Å². The number of hydrogen-bond donors (Lipinski definition) is 1. The van der Waals surface area contributed by atoms with Crippen molar-refractivity contribution in [3.05, 3.63) is 83.4 Å². The van der Waals surface area contributed by atoms with Crippen LogP contribution in [0.1, 0.15) is 43.6 Å². The largest absolute Gasteiger partial charge is 0.481 e. The second-order valence-electron chi connectivity index (χ2n) is 10.3. The fourth-order valence-electron chi connectivity index (χ4n) is 4.75. The van der Waals surface area contributed by atoms with E-state index in [1.807, 2.05) is 40.6 Å². The van der Waals surface area contributed by atoms with Crippen LogP contribution in [0.4, 0.5) is 5.69 Å². The van der Waals surface area contributed by atoms with Crippen LogP contribution >= 0.6 is 23.1 Å². The van der Waals surface area contributed by atoms with E-state index in [0.29, 0.717) is 6.54 Å². The zero-order valence-corrected chi connectivity index (χ0v) is 22.1. The molecule has 1 amide bonds. The summed E-state index contributed by atoms with van der Waals surface area (Å²) in [6, 6.07) is 20.6. The van der Waals surface area contributed by atoms with Crippen LogP contribution in [0.2, 0.25) is 0 Å². The first kappa shape index (κ1) is 24.5. The van der Waals surface area contributed by atoms with Crippen molar-refractivity contribution in [3.63, 3.8) is 0 Å². The van der Waals surface area contributed by atoms with Gasteiger partial charge in [0.25, 0.3) is 0 Å². The summed E-state index contributed by atoms with van der Waals surface area (Å²) in [5.41, 5.74) is 3.76. The Hall–Kier alpha value is -3.16. The molecule has 0 radical (unpaired) electrons. The van der Waals surface area contributed by atoms with Crippen molar-refractivity contribution >= 4 is 51.4 Å². The van der Waals surface area contributed by atoms with Crippen LogP contribution in [0, 0.1) is 5.41 Å². The van der Waals surface area contributed by atoms with Crippen molar-refractivity contribution in [1.29, 1.82) is 0 Å². The van der Waals surface area contributed by atoms with E-state index in [4.69, 9.17) is 0 Å². The minimum absolute atomic E-state index is 0.150. The summed E-state index contributed by atoms with van der Waals surface area (Å²) in [7, 11) is 0. The van der Waals surface area contributed by atoms with Gasteiger partial charge in [0, 0.05) is 29.4 Å². The molecule has 0 aliphatic carbocycles. The molecule has 2 atom stereocenters. The summed E-state index contributed by atoms with van der Waals surface area (Å²) in [4.78, 5) is 32.1. The van der Waals surface area contributed by atoms with Crippen molar-refractivity contribution in [2.24, 2.45) is 5.41 Å². The van der Waals surface area contributed by atoms with Crippen LogP contribution in [-0.4, -0.2) is 33.8 Å². The predicted octanol–water partition coefficient (Wildman–Crippen LogP) is 7.02. The smallest absolute Gasteiger partial charge is 0.305 e. The van der Waals surface area contributed by atoms with E-state index >= 15 is 0 Å². The number of thioether (sulfide) groups is 1. The molecule has 0 unspecified atom stereocenters. The minimum atomic E-state index is -0.970. The average Bonchev–Trinajstić information content (AvgIpc) is 3.35. The van der Waals surface area contributed by atoms with Crippen LogP contribution in [0.3, 0.4) is 0 Å². The summed E-state index contributed by atoms with van der Waals surface area (Å²) < 4.78 is 0. The Balaban J connectivity index is 1.76. The number of fused-ring (bicyclic) bond motifs is 2. The molecule has 36 heavy (non-hydrogen) atoms. The van der Waals surface area contributed by atoms with Gasteiger partial charge in [-0.15, -0.1) is 23.1 Å². The third-order valence-corrected chi connectivity index (χ3v) is 8.52. The van der Waals surface area contributed by atoms with E-state index in [0.717, 1.165) is 38.2 Å². The maximum Gasteiger partial charge on any atom is 0.305 e. The minimum Gasteiger partial charge on any atom is -0.481 e. The maximum atomic E-state index is 13.9. The van der Waals surface area contributed by atoms with E-state index in [-0.39, 0.29) is 23.0 Å². The summed E-state index contributed by atoms with van der Waals surface area (Å²) in [6.07, 6.45) is 1.57. The SMILES string of the molecule is CC(C)(C)CN1C(=O)[C@@H](CC(=O)O)S[C@H](c2cccc3ccccc23)c2cc(-c3nccs3)ccc21. The van der Waals surface area contributed by atoms with Gasteiger partial charge in [-0.2, -0.15) is 0 Å². The lowest BCUT2D eigenvalue weighted by atomic mass is 9.93. The number of aromatic nitrogens is 1. The maximum absolute atomic E-state index is 13.9. The van der Waals surface area contributed by atoms with E-state index in [2.05, 4.69) is 56.1 Å². The number of aliphatic carboxylic acids is 1. The lowest BCUT2D eigenvalue weighted by Gasteiger charge is -2.31. The number of amides is 1. The number of carbonyl (C=O) groups excluding carboxylic acids is 1. The van der Waals surface area contributed by atoms with Crippen molar-refractivity contribution in [3.8, 4) is 10.6 Å². The lowest BCUT2D eigenvalue weighted by molar-refractivity contribution is -0.138. The molecule has 1 aliphatic heterocycles. The second kappa shape index (κ2) is 9.71. The van der Waals surface area contributed by atoms with Gasteiger partial charge < -0.3 is 10.0 Å². The number of benzene rings is 3. The van der Waals surface area contributed by atoms with Crippen LogP contribution in [0.15, 0.2) is 72.2 Å². The Morgan fingerprint density at radius 2 is 1.83 bits per heavy atom. The Morgan fingerprint density at radius 1 is 1.06 bits per heavy atom. The van der Waals surface area contributed by atoms with Gasteiger partial charge in [-0.3, -0.25) is 9.59 Å². The molecule has 3 aromatic carbocycles. The summed E-state index contributed by atoms with van der Waals surface area (Å²) >= 11 is 3.02. The van der Waals surface area contributed by atoms with Gasteiger partial charge in [-0.25, -0.2) is 4.98 Å². The van der Waals surface area contributed by atoms with Gasteiger partial charge in [-0.05, 0) is 45.5 Å². The highest BCUT2D eigenvalue weighted by molar-refractivity contribution is 8.01. The molecule has 2 heterocycles. The quantitative estimate of drug-likeness (QED) is 0.309. The summed E-state index contributed by atoms with van der Waals surface area (Å²) in [5, 5.41) is 13.9. The number of nitrogens with zero attached hydrogens (tertiary/aromatic N) is 2. The Labute approximate surface area is 219 Å². The molecule has 4 aromatic rings. The standard InChI is InChI=1S/C29H28N2O3S2/c1-29(2,3)17-31-23-12-11-19(27-30-13-14-35-27)15-22(23)26(36-24(28(31)34)16-25(32)33)21-10-6-8-18-7-4-5-9-20(18)21/h4-15,24,26H,16-17H2,1-3H3,(H,32,33)/t24-,26-/m1/s1. The van der Waals surface area contributed by atoms with Gasteiger partial charge in [0.15, 0.2) is 0 Å². The molecule has 0 bridgehead atoms. The number of hydrogen-bond acceptors (Lipinski definition) is 5. The van der Waals surface area contributed by atoms with Gasteiger partial charge >= 0.3 is 5.97 Å². The monoisotopic (exact) mass is 516 g/mol. The summed E-state index contributed by atoms with van der Waals surface area (Å²) in [5.74, 6) is -1.12. The fraction of sp³-hybridized carbons (Fsp3) is 0.276. The topological polar surface area (TPSA) is 70.5 Å². The molecule has 0 fully saturated rings. The Morgan fingerprint density at radius 3 is 2.56 bits per heavy atom. The molecular formula is C29H28N2O3S2. The normalized spacial score (nSPS) is 18.2. The summed E-state index contributed by atoms with van der Waals surface area (Å²) in [6.45, 7) is 6.78. The third-order valence-electron chi connectivity index (χ3n) is 6.22.